The van der Waals surface area contributed by atoms with Crippen molar-refractivity contribution in [2.45, 2.75) is 32.8 Å². The van der Waals surface area contributed by atoms with Gasteiger partial charge in [0.25, 0.3) is 0 Å². The molecule has 1 unspecified atom stereocenters. The van der Waals surface area contributed by atoms with Crippen molar-refractivity contribution in [3.8, 4) is 0 Å². The van der Waals surface area contributed by atoms with Crippen LogP contribution < -0.4 is 0 Å². The van der Waals surface area contributed by atoms with E-state index in [0.29, 0.717) is 0 Å². The zero-order valence-electron chi connectivity index (χ0n) is 6.13. The summed E-state index contributed by atoms with van der Waals surface area (Å²) >= 11 is 0. The van der Waals surface area contributed by atoms with Gasteiger partial charge in [0.1, 0.15) is 0 Å². The summed E-state index contributed by atoms with van der Waals surface area (Å²) in [6.45, 7) is 5.77. The molecule has 2 nitrogen and oxygen atoms in total. The Labute approximate surface area is 56.8 Å². The van der Waals surface area contributed by atoms with E-state index >= 15 is 0 Å². The second-order valence-corrected chi connectivity index (χ2v) is 2.08. The molecule has 0 aromatic carbocycles. The Bertz CT molecular complexity index is 54.9. The Hall–Kier alpha value is -0.0800. The summed E-state index contributed by atoms with van der Waals surface area (Å²) in [6, 6.07) is 0. The fourth-order valence-electron chi connectivity index (χ4n) is 0.393. The van der Waals surface area contributed by atoms with E-state index in [4.69, 9.17) is 9.84 Å². The van der Waals surface area contributed by atoms with Crippen molar-refractivity contribution in [1.29, 1.82) is 0 Å². The normalized spacial score (nSPS) is 13.7. The van der Waals surface area contributed by atoms with Crippen LogP contribution >= 0.6 is 0 Å². The van der Waals surface area contributed by atoms with Gasteiger partial charge in [-0.3, -0.25) is 0 Å². The second-order valence-electron chi connectivity index (χ2n) is 2.08. The molecule has 0 aliphatic heterocycles. The third-order valence-corrected chi connectivity index (χ3v) is 0.992. The van der Waals surface area contributed by atoms with Gasteiger partial charge in [0.15, 0.2) is 0 Å². The molecular formula is C7H15O2. The lowest BCUT2D eigenvalue weighted by atomic mass is 10.3. The highest BCUT2D eigenvalue weighted by Gasteiger charge is 1.96. The highest BCUT2D eigenvalue weighted by atomic mass is 16.5. The smallest absolute Gasteiger partial charge is 0.0841 e. The van der Waals surface area contributed by atoms with Crippen molar-refractivity contribution >= 4 is 0 Å². The lowest BCUT2D eigenvalue weighted by Crippen LogP contribution is -2.10. The standard InChI is InChI=1S/C7H15O2/c1-3-4-5-9-7(2)6-8/h5,7-8H,3-4,6H2,1-2H3. The molecule has 0 rings (SSSR count). The van der Waals surface area contributed by atoms with Gasteiger partial charge in [-0.25, -0.2) is 0 Å². The fourth-order valence-corrected chi connectivity index (χ4v) is 0.393. The van der Waals surface area contributed by atoms with Crippen LogP contribution in [0.15, 0.2) is 0 Å². The predicted molar refractivity (Wildman–Crippen MR) is 36.8 cm³/mol. The van der Waals surface area contributed by atoms with Crippen LogP contribution in [0.4, 0.5) is 0 Å². The van der Waals surface area contributed by atoms with Gasteiger partial charge in [-0.2, -0.15) is 0 Å². The first-order chi connectivity index (χ1) is 4.31. The molecule has 0 aliphatic rings. The lowest BCUT2D eigenvalue weighted by Gasteiger charge is -2.07. The van der Waals surface area contributed by atoms with Gasteiger partial charge in [-0.15, -0.1) is 0 Å². The fraction of sp³-hybridized carbons (Fsp3) is 0.857. The molecule has 0 aliphatic carbocycles. The first kappa shape index (κ1) is 8.92. The van der Waals surface area contributed by atoms with Gasteiger partial charge >= 0.3 is 0 Å². The first-order valence-electron chi connectivity index (χ1n) is 3.39. The minimum atomic E-state index is -0.0449. The molecule has 0 amide bonds. The van der Waals surface area contributed by atoms with Crippen molar-refractivity contribution in [1.82, 2.24) is 0 Å². The number of ether oxygens (including phenoxy) is 1. The SMILES string of the molecule is CCC[CH]OC(C)CO. The number of aliphatic hydroxyl groups excluding tert-OH is 1. The number of hydrogen-bond donors (Lipinski definition) is 1. The number of hydrogen-bond acceptors (Lipinski definition) is 2. The molecule has 0 aromatic rings. The monoisotopic (exact) mass is 131 g/mol. The molecule has 9 heavy (non-hydrogen) atoms. The summed E-state index contributed by atoms with van der Waals surface area (Å²) in [4.78, 5) is 0. The summed E-state index contributed by atoms with van der Waals surface area (Å²) in [5.41, 5.74) is 0. The maximum absolute atomic E-state index is 8.49. The van der Waals surface area contributed by atoms with Crippen molar-refractivity contribution in [3.63, 3.8) is 0 Å². The minimum absolute atomic E-state index is 0.0449. The predicted octanol–water partition coefficient (Wildman–Crippen LogP) is 1.35. The third kappa shape index (κ3) is 5.80. The van der Waals surface area contributed by atoms with Gasteiger partial charge in [-0.05, 0) is 13.3 Å². The summed E-state index contributed by atoms with van der Waals surface area (Å²) in [5, 5.41) is 8.49. The van der Waals surface area contributed by atoms with Crippen LogP contribution in [0.25, 0.3) is 0 Å². The summed E-state index contributed by atoms with van der Waals surface area (Å²) in [5.74, 6) is 0. The number of rotatable bonds is 5. The topological polar surface area (TPSA) is 29.5 Å². The van der Waals surface area contributed by atoms with Gasteiger partial charge < -0.3 is 9.84 Å². The summed E-state index contributed by atoms with van der Waals surface area (Å²) in [7, 11) is 0. The van der Waals surface area contributed by atoms with Crippen LogP contribution in [0.5, 0.6) is 0 Å². The Balaban J connectivity index is 2.88. The van der Waals surface area contributed by atoms with Gasteiger partial charge in [-0.1, -0.05) is 13.3 Å². The maximum Gasteiger partial charge on any atom is 0.0841 e. The third-order valence-electron chi connectivity index (χ3n) is 0.992. The van der Waals surface area contributed by atoms with Crippen LogP contribution in [-0.2, 0) is 4.74 Å². The van der Waals surface area contributed by atoms with E-state index in [1.807, 2.05) is 6.92 Å². The van der Waals surface area contributed by atoms with E-state index in [1.165, 1.54) is 0 Å². The number of unbranched alkanes of at least 4 members (excludes halogenated alkanes) is 1. The molecule has 1 radical (unpaired) electrons. The molecule has 0 saturated heterocycles. The zero-order chi connectivity index (χ0) is 7.11. The first-order valence-corrected chi connectivity index (χ1v) is 3.39. The van der Waals surface area contributed by atoms with E-state index < -0.39 is 0 Å². The molecule has 55 valence electrons. The van der Waals surface area contributed by atoms with Crippen LogP contribution in [0.1, 0.15) is 26.7 Å². The van der Waals surface area contributed by atoms with E-state index in [1.54, 1.807) is 6.61 Å². The van der Waals surface area contributed by atoms with Crippen LogP contribution in [0.3, 0.4) is 0 Å². The summed E-state index contributed by atoms with van der Waals surface area (Å²) in [6.07, 6.45) is 2.01. The van der Waals surface area contributed by atoms with E-state index in [-0.39, 0.29) is 12.7 Å². The van der Waals surface area contributed by atoms with Crippen LogP contribution in [-0.4, -0.2) is 17.8 Å². The largest absolute Gasteiger partial charge is 0.394 e. The van der Waals surface area contributed by atoms with Crippen LogP contribution in [0, 0.1) is 6.61 Å². The molecule has 2 heteroatoms. The number of aliphatic hydroxyl groups is 1. The molecule has 0 bridgehead atoms. The quantitative estimate of drug-likeness (QED) is 0.570. The maximum atomic E-state index is 8.49. The Morgan fingerprint density at radius 3 is 2.78 bits per heavy atom. The molecule has 1 atom stereocenters. The van der Waals surface area contributed by atoms with Crippen molar-refractivity contribution in [3.05, 3.63) is 6.61 Å². The Morgan fingerprint density at radius 2 is 2.33 bits per heavy atom. The van der Waals surface area contributed by atoms with E-state index in [9.17, 15) is 0 Å². The molecule has 1 N–H and O–H groups in total. The molecule has 0 saturated carbocycles. The van der Waals surface area contributed by atoms with Crippen molar-refractivity contribution in [2.75, 3.05) is 6.61 Å². The Kier molecular flexibility index (Phi) is 5.99. The Morgan fingerprint density at radius 1 is 1.67 bits per heavy atom. The molecule has 0 fully saturated rings. The summed E-state index contributed by atoms with van der Waals surface area (Å²) < 4.78 is 5.06. The highest BCUT2D eigenvalue weighted by molar-refractivity contribution is 4.53. The molecule has 0 aromatic heterocycles. The average molecular weight is 131 g/mol. The van der Waals surface area contributed by atoms with Crippen molar-refractivity contribution in [2.24, 2.45) is 0 Å². The molecule has 0 heterocycles. The van der Waals surface area contributed by atoms with Gasteiger partial charge in [0.2, 0.25) is 0 Å². The van der Waals surface area contributed by atoms with E-state index in [2.05, 4.69) is 6.92 Å². The van der Waals surface area contributed by atoms with Gasteiger partial charge in [0, 0.05) is 0 Å². The van der Waals surface area contributed by atoms with E-state index in [0.717, 1.165) is 12.8 Å². The molecule has 0 spiro atoms. The van der Waals surface area contributed by atoms with Gasteiger partial charge in [0.05, 0.1) is 19.3 Å². The van der Waals surface area contributed by atoms with Crippen molar-refractivity contribution < 1.29 is 9.84 Å². The molecular weight excluding hydrogens is 116 g/mol. The average Bonchev–Trinajstić information content (AvgIpc) is 1.89. The second kappa shape index (κ2) is 6.05. The van der Waals surface area contributed by atoms with Crippen LogP contribution in [0.2, 0.25) is 0 Å². The highest BCUT2D eigenvalue weighted by Crippen LogP contribution is 1.97. The minimum Gasteiger partial charge on any atom is -0.394 e. The zero-order valence-corrected chi connectivity index (χ0v) is 6.13. The lowest BCUT2D eigenvalue weighted by molar-refractivity contribution is 0.0610.